The summed E-state index contributed by atoms with van der Waals surface area (Å²) < 4.78 is 5.52. The molecular weight excluding hydrogens is 200 g/mol. The largest absolute Gasteiger partial charge is 0.381 e. The minimum atomic E-state index is -0.0110. The molecule has 0 aromatic rings. The van der Waals surface area contributed by atoms with E-state index < -0.39 is 0 Å². The van der Waals surface area contributed by atoms with E-state index in [1.807, 2.05) is 0 Å². The Morgan fingerprint density at radius 3 is 2.75 bits per heavy atom. The van der Waals surface area contributed by atoms with Crippen molar-refractivity contribution in [3.8, 4) is 6.07 Å². The summed E-state index contributed by atoms with van der Waals surface area (Å²) >= 11 is 0. The van der Waals surface area contributed by atoms with Crippen LogP contribution in [0, 0.1) is 11.3 Å². The number of nitriles is 1. The molecule has 0 amide bonds. The summed E-state index contributed by atoms with van der Waals surface area (Å²) in [5.41, 5.74) is 0. The molecule has 1 atom stereocenters. The molecule has 1 N–H and O–H groups in total. The molecule has 1 aliphatic rings. The van der Waals surface area contributed by atoms with E-state index in [1.54, 1.807) is 0 Å². The molecule has 0 spiro atoms. The van der Waals surface area contributed by atoms with Gasteiger partial charge in [0.05, 0.1) is 12.1 Å². The van der Waals surface area contributed by atoms with Crippen LogP contribution in [0.5, 0.6) is 0 Å². The first-order valence-electron chi connectivity index (χ1n) is 6.60. The molecular formula is C13H24N2O. The van der Waals surface area contributed by atoms with Gasteiger partial charge in [0, 0.05) is 19.3 Å². The number of hydrogen-bond acceptors (Lipinski definition) is 3. The lowest BCUT2D eigenvalue weighted by molar-refractivity contribution is 0.123. The number of nitrogens with one attached hydrogen (secondary N) is 1. The second-order valence-electron chi connectivity index (χ2n) is 4.58. The van der Waals surface area contributed by atoms with Crippen molar-refractivity contribution in [1.82, 2.24) is 5.32 Å². The zero-order valence-corrected chi connectivity index (χ0v) is 10.4. The van der Waals surface area contributed by atoms with Gasteiger partial charge in [0.1, 0.15) is 0 Å². The van der Waals surface area contributed by atoms with Gasteiger partial charge in [-0.05, 0) is 25.7 Å². The SMILES string of the molecule is CCCCCCOCCC(C#N)NC1CC1. The summed E-state index contributed by atoms with van der Waals surface area (Å²) in [4.78, 5) is 0. The van der Waals surface area contributed by atoms with E-state index in [0.29, 0.717) is 12.6 Å². The molecule has 1 fully saturated rings. The molecule has 0 radical (unpaired) electrons. The van der Waals surface area contributed by atoms with Gasteiger partial charge in [-0.2, -0.15) is 5.26 Å². The van der Waals surface area contributed by atoms with Gasteiger partial charge in [0.25, 0.3) is 0 Å². The van der Waals surface area contributed by atoms with Crippen LogP contribution in [0.3, 0.4) is 0 Å². The van der Waals surface area contributed by atoms with Gasteiger partial charge in [-0.1, -0.05) is 26.2 Å². The van der Waals surface area contributed by atoms with Crippen LogP contribution in [0.15, 0.2) is 0 Å². The normalized spacial score (nSPS) is 17.0. The maximum absolute atomic E-state index is 8.91. The van der Waals surface area contributed by atoms with Gasteiger partial charge >= 0.3 is 0 Å². The summed E-state index contributed by atoms with van der Waals surface area (Å²) in [7, 11) is 0. The number of ether oxygens (including phenoxy) is 1. The van der Waals surface area contributed by atoms with Crippen molar-refractivity contribution in [2.75, 3.05) is 13.2 Å². The van der Waals surface area contributed by atoms with E-state index in [-0.39, 0.29) is 6.04 Å². The van der Waals surface area contributed by atoms with Gasteiger partial charge in [-0.3, -0.25) is 5.32 Å². The molecule has 1 rings (SSSR count). The molecule has 1 saturated carbocycles. The molecule has 1 unspecified atom stereocenters. The molecule has 92 valence electrons. The van der Waals surface area contributed by atoms with Gasteiger partial charge in [-0.25, -0.2) is 0 Å². The number of unbranched alkanes of at least 4 members (excludes halogenated alkanes) is 3. The predicted molar refractivity (Wildman–Crippen MR) is 65.1 cm³/mol. The van der Waals surface area contributed by atoms with Crippen LogP contribution in [0.1, 0.15) is 51.9 Å². The Morgan fingerprint density at radius 1 is 1.31 bits per heavy atom. The summed E-state index contributed by atoms with van der Waals surface area (Å²) in [5.74, 6) is 0. The Kier molecular flexibility index (Phi) is 7.20. The lowest BCUT2D eigenvalue weighted by Crippen LogP contribution is -2.30. The number of hydrogen-bond donors (Lipinski definition) is 1. The monoisotopic (exact) mass is 224 g/mol. The Morgan fingerprint density at radius 2 is 2.12 bits per heavy atom. The minimum absolute atomic E-state index is 0.0110. The molecule has 0 bridgehead atoms. The molecule has 3 heteroatoms. The molecule has 16 heavy (non-hydrogen) atoms. The van der Waals surface area contributed by atoms with E-state index in [1.165, 1.54) is 32.1 Å². The lowest BCUT2D eigenvalue weighted by Gasteiger charge is -2.10. The van der Waals surface area contributed by atoms with Crippen LogP contribution in [0.4, 0.5) is 0 Å². The first kappa shape index (κ1) is 13.5. The first-order chi connectivity index (χ1) is 7.86. The fourth-order valence-corrected chi connectivity index (χ4v) is 1.65. The van der Waals surface area contributed by atoms with Crippen molar-refractivity contribution in [2.24, 2.45) is 0 Å². The predicted octanol–water partition coefficient (Wildman–Crippen LogP) is 2.62. The molecule has 0 saturated heterocycles. The van der Waals surface area contributed by atoms with Crippen LogP contribution >= 0.6 is 0 Å². The maximum Gasteiger partial charge on any atom is 0.0977 e. The van der Waals surface area contributed by atoms with E-state index in [0.717, 1.165) is 19.4 Å². The fourth-order valence-electron chi connectivity index (χ4n) is 1.65. The second-order valence-corrected chi connectivity index (χ2v) is 4.58. The third-order valence-corrected chi connectivity index (χ3v) is 2.86. The van der Waals surface area contributed by atoms with Crippen LogP contribution in [-0.2, 0) is 4.74 Å². The highest BCUT2D eigenvalue weighted by atomic mass is 16.5. The van der Waals surface area contributed by atoms with Gasteiger partial charge in [0.2, 0.25) is 0 Å². The summed E-state index contributed by atoms with van der Waals surface area (Å²) in [5, 5.41) is 12.2. The number of rotatable bonds is 10. The van der Waals surface area contributed by atoms with Crippen LogP contribution < -0.4 is 5.32 Å². The standard InChI is InChI=1S/C13H24N2O/c1-2-3-4-5-9-16-10-8-13(11-14)15-12-6-7-12/h12-13,15H,2-10H2,1H3. The Balaban J connectivity index is 1.86. The van der Waals surface area contributed by atoms with Crippen LogP contribution in [0.25, 0.3) is 0 Å². The van der Waals surface area contributed by atoms with Crippen molar-refractivity contribution in [3.63, 3.8) is 0 Å². The fraction of sp³-hybridized carbons (Fsp3) is 0.923. The zero-order chi connectivity index (χ0) is 11.6. The Bertz CT molecular complexity index is 208. The van der Waals surface area contributed by atoms with Crippen molar-refractivity contribution >= 4 is 0 Å². The summed E-state index contributed by atoms with van der Waals surface area (Å²) in [6, 6.07) is 2.89. The van der Waals surface area contributed by atoms with Crippen LogP contribution in [0.2, 0.25) is 0 Å². The Hall–Kier alpha value is -0.590. The Labute approximate surface area is 99.2 Å². The molecule has 0 aromatic carbocycles. The van der Waals surface area contributed by atoms with Crippen molar-refractivity contribution in [2.45, 2.75) is 64.0 Å². The quantitative estimate of drug-likeness (QED) is 0.580. The third-order valence-electron chi connectivity index (χ3n) is 2.86. The van der Waals surface area contributed by atoms with E-state index in [2.05, 4.69) is 18.3 Å². The van der Waals surface area contributed by atoms with E-state index in [4.69, 9.17) is 10.00 Å². The lowest BCUT2D eigenvalue weighted by atomic mass is 10.2. The second kappa shape index (κ2) is 8.55. The van der Waals surface area contributed by atoms with Crippen molar-refractivity contribution in [3.05, 3.63) is 0 Å². The average molecular weight is 224 g/mol. The van der Waals surface area contributed by atoms with E-state index in [9.17, 15) is 0 Å². The molecule has 0 aromatic heterocycles. The maximum atomic E-state index is 8.91. The third kappa shape index (κ3) is 6.81. The highest BCUT2D eigenvalue weighted by Gasteiger charge is 2.24. The number of nitrogens with zero attached hydrogens (tertiary/aromatic N) is 1. The van der Waals surface area contributed by atoms with Crippen LogP contribution in [-0.4, -0.2) is 25.3 Å². The zero-order valence-electron chi connectivity index (χ0n) is 10.4. The topological polar surface area (TPSA) is 45.0 Å². The van der Waals surface area contributed by atoms with E-state index >= 15 is 0 Å². The first-order valence-corrected chi connectivity index (χ1v) is 6.60. The molecule has 1 aliphatic carbocycles. The highest BCUT2D eigenvalue weighted by Crippen LogP contribution is 2.19. The van der Waals surface area contributed by atoms with Crippen molar-refractivity contribution in [1.29, 1.82) is 5.26 Å². The van der Waals surface area contributed by atoms with Gasteiger partial charge < -0.3 is 4.74 Å². The molecule has 0 heterocycles. The average Bonchev–Trinajstić information content (AvgIpc) is 3.10. The molecule has 3 nitrogen and oxygen atoms in total. The summed E-state index contributed by atoms with van der Waals surface area (Å²) in [6.45, 7) is 3.77. The smallest absolute Gasteiger partial charge is 0.0977 e. The van der Waals surface area contributed by atoms with Crippen molar-refractivity contribution < 1.29 is 4.74 Å². The molecule has 0 aliphatic heterocycles. The van der Waals surface area contributed by atoms with Gasteiger partial charge in [0.15, 0.2) is 0 Å². The van der Waals surface area contributed by atoms with Gasteiger partial charge in [-0.15, -0.1) is 0 Å². The highest BCUT2D eigenvalue weighted by molar-refractivity contribution is 4.95. The minimum Gasteiger partial charge on any atom is -0.381 e. The summed E-state index contributed by atoms with van der Waals surface area (Å²) in [6.07, 6.45) is 8.27.